The molecule has 1 aromatic heterocycles. The molecule has 0 aromatic carbocycles. The Morgan fingerprint density at radius 3 is 2.36 bits per heavy atom. The normalized spacial score (nSPS) is 11.5. The van der Waals surface area contributed by atoms with Gasteiger partial charge in [-0.05, 0) is 13.8 Å². The van der Waals surface area contributed by atoms with Crippen molar-refractivity contribution in [3.05, 3.63) is 18.2 Å². The van der Waals surface area contributed by atoms with Gasteiger partial charge in [-0.15, -0.1) is 0 Å². The van der Waals surface area contributed by atoms with E-state index in [1.54, 1.807) is 0 Å². The number of nitrogens with two attached hydrogens (primary N) is 1. The molecular formula is C9H15FN4. The number of rotatable bonds is 3. The number of likely N-dealkylation sites (N-methyl/N-ethyl adjacent to an activating group) is 1. The fourth-order valence-electron chi connectivity index (χ4n) is 0.886. The molecule has 4 nitrogen and oxygen atoms in total. The van der Waals surface area contributed by atoms with Crippen LogP contribution in [0.1, 0.15) is 13.8 Å². The van der Waals surface area contributed by atoms with Crippen LogP contribution in [0, 0.1) is 5.82 Å². The molecule has 0 aliphatic carbocycles. The zero-order chi connectivity index (χ0) is 10.8. The minimum atomic E-state index is -0.437. The second kappa shape index (κ2) is 3.88. The van der Waals surface area contributed by atoms with Crippen molar-refractivity contribution in [2.24, 2.45) is 5.73 Å². The lowest BCUT2D eigenvalue weighted by Gasteiger charge is -2.34. The van der Waals surface area contributed by atoms with Crippen LogP contribution < -0.4 is 10.6 Å². The van der Waals surface area contributed by atoms with Crippen molar-refractivity contribution in [3.8, 4) is 0 Å². The third kappa shape index (κ3) is 2.17. The van der Waals surface area contributed by atoms with Crippen LogP contribution in [0.15, 0.2) is 12.4 Å². The molecule has 0 unspecified atom stereocenters. The smallest absolute Gasteiger partial charge is 0.225 e. The Labute approximate surface area is 83.0 Å². The SMILES string of the molecule is CN(c1ncc(F)cn1)C(C)(C)CN. The van der Waals surface area contributed by atoms with E-state index in [0.29, 0.717) is 12.5 Å². The quantitative estimate of drug-likeness (QED) is 0.780. The monoisotopic (exact) mass is 198 g/mol. The van der Waals surface area contributed by atoms with Crippen molar-refractivity contribution < 1.29 is 4.39 Å². The molecule has 1 heterocycles. The average molecular weight is 198 g/mol. The number of anilines is 1. The average Bonchev–Trinajstić information content (AvgIpc) is 2.18. The summed E-state index contributed by atoms with van der Waals surface area (Å²) in [5.74, 6) is 0.0366. The molecule has 14 heavy (non-hydrogen) atoms. The van der Waals surface area contributed by atoms with Crippen molar-refractivity contribution >= 4 is 5.95 Å². The molecule has 0 aliphatic heterocycles. The lowest BCUT2D eigenvalue weighted by atomic mass is 10.1. The number of nitrogens with zero attached hydrogens (tertiary/aromatic N) is 3. The predicted octanol–water partition coefficient (Wildman–Crippen LogP) is 0.789. The van der Waals surface area contributed by atoms with Crippen molar-refractivity contribution in [2.75, 3.05) is 18.5 Å². The van der Waals surface area contributed by atoms with E-state index in [0.717, 1.165) is 12.4 Å². The molecule has 0 atom stereocenters. The highest BCUT2D eigenvalue weighted by molar-refractivity contribution is 5.31. The topological polar surface area (TPSA) is 55.0 Å². The molecule has 0 fully saturated rings. The van der Waals surface area contributed by atoms with Gasteiger partial charge in [0.2, 0.25) is 5.95 Å². The number of aromatic nitrogens is 2. The maximum atomic E-state index is 12.6. The minimum Gasteiger partial charge on any atom is -0.337 e. The van der Waals surface area contributed by atoms with Gasteiger partial charge in [-0.1, -0.05) is 0 Å². The maximum Gasteiger partial charge on any atom is 0.225 e. The summed E-state index contributed by atoms with van der Waals surface area (Å²) in [4.78, 5) is 9.58. The van der Waals surface area contributed by atoms with Gasteiger partial charge in [0.15, 0.2) is 5.82 Å². The highest BCUT2D eigenvalue weighted by Crippen LogP contribution is 2.16. The molecule has 0 saturated heterocycles. The summed E-state index contributed by atoms with van der Waals surface area (Å²) in [6, 6.07) is 0. The largest absolute Gasteiger partial charge is 0.337 e. The molecule has 0 spiro atoms. The molecule has 5 heteroatoms. The van der Waals surface area contributed by atoms with Gasteiger partial charge in [0, 0.05) is 19.1 Å². The van der Waals surface area contributed by atoms with E-state index in [1.807, 2.05) is 25.8 Å². The van der Waals surface area contributed by atoms with E-state index < -0.39 is 5.82 Å². The highest BCUT2D eigenvalue weighted by Gasteiger charge is 2.23. The fraction of sp³-hybridized carbons (Fsp3) is 0.556. The van der Waals surface area contributed by atoms with Crippen LogP contribution >= 0.6 is 0 Å². The molecule has 0 aliphatic rings. The molecular weight excluding hydrogens is 183 g/mol. The van der Waals surface area contributed by atoms with Crippen LogP contribution in [0.4, 0.5) is 10.3 Å². The van der Waals surface area contributed by atoms with E-state index in [1.165, 1.54) is 0 Å². The molecule has 1 rings (SSSR count). The Morgan fingerprint density at radius 2 is 1.93 bits per heavy atom. The zero-order valence-electron chi connectivity index (χ0n) is 8.66. The number of halogens is 1. The molecule has 0 radical (unpaired) electrons. The maximum absolute atomic E-state index is 12.6. The number of hydrogen-bond donors (Lipinski definition) is 1. The Kier molecular flexibility index (Phi) is 3.00. The molecule has 0 amide bonds. The summed E-state index contributed by atoms with van der Waals surface area (Å²) < 4.78 is 12.6. The van der Waals surface area contributed by atoms with Gasteiger partial charge in [0.1, 0.15) is 0 Å². The Balaban J connectivity index is 2.89. The Morgan fingerprint density at radius 1 is 1.43 bits per heavy atom. The summed E-state index contributed by atoms with van der Waals surface area (Å²) >= 11 is 0. The van der Waals surface area contributed by atoms with Gasteiger partial charge in [-0.25, -0.2) is 14.4 Å². The van der Waals surface area contributed by atoms with Crippen LogP contribution in [-0.4, -0.2) is 29.1 Å². The van der Waals surface area contributed by atoms with Gasteiger partial charge in [0.05, 0.1) is 12.4 Å². The van der Waals surface area contributed by atoms with E-state index in [-0.39, 0.29) is 5.54 Å². The van der Waals surface area contributed by atoms with Crippen LogP contribution in [-0.2, 0) is 0 Å². The lowest BCUT2D eigenvalue weighted by molar-refractivity contribution is 0.488. The summed E-state index contributed by atoms with van der Waals surface area (Å²) in [6.07, 6.45) is 2.29. The molecule has 78 valence electrons. The first kappa shape index (κ1) is 10.8. The van der Waals surface area contributed by atoms with Gasteiger partial charge >= 0.3 is 0 Å². The van der Waals surface area contributed by atoms with Crippen LogP contribution in [0.25, 0.3) is 0 Å². The van der Waals surface area contributed by atoms with Crippen LogP contribution in [0.2, 0.25) is 0 Å². The van der Waals surface area contributed by atoms with Crippen molar-refractivity contribution in [1.29, 1.82) is 0 Å². The second-order valence-corrected chi connectivity index (χ2v) is 3.78. The first-order valence-corrected chi connectivity index (χ1v) is 4.39. The third-order valence-corrected chi connectivity index (χ3v) is 2.31. The highest BCUT2D eigenvalue weighted by atomic mass is 19.1. The standard InChI is InChI=1S/C9H15FN4/c1-9(2,6-11)14(3)8-12-4-7(10)5-13-8/h4-5H,6,11H2,1-3H3. The Bertz CT molecular complexity index is 296. The van der Waals surface area contributed by atoms with E-state index in [2.05, 4.69) is 9.97 Å². The van der Waals surface area contributed by atoms with Gasteiger partial charge in [-0.2, -0.15) is 0 Å². The summed E-state index contributed by atoms with van der Waals surface area (Å²) in [7, 11) is 1.83. The van der Waals surface area contributed by atoms with Crippen molar-refractivity contribution in [2.45, 2.75) is 19.4 Å². The zero-order valence-corrected chi connectivity index (χ0v) is 8.66. The van der Waals surface area contributed by atoms with E-state index in [4.69, 9.17) is 5.73 Å². The van der Waals surface area contributed by atoms with Gasteiger partial charge < -0.3 is 10.6 Å². The van der Waals surface area contributed by atoms with Crippen LogP contribution in [0.3, 0.4) is 0 Å². The van der Waals surface area contributed by atoms with Gasteiger partial charge in [-0.3, -0.25) is 0 Å². The fourth-order valence-corrected chi connectivity index (χ4v) is 0.886. The molecule has 0 bridgehead atoms. The second-order valence-electron chi connectivity index (χ2n) is 3.78. The van der Waals surface area contributed by atoms with E-state index >= 15 is 0 Å². The minimum absolute atomic E-state index is 0.238. The third-order valence-electron chi connectivity index (χ3n) is 2.31. The summed E-state index contributed by atoms with van der Waals surface area (Å²) in [5, 5.41) is 0. The summed E-state index contributed by atoms with van der Waals surface area (Å²) in [6.45, 7) is 4.42. The van der Waals surface area contributed by atoms with Crippen LogP contribution in [0.5, 0.6) is 0 Å². The number of hydrogen-bond acceptors (Lipinski definition) is 4. The first-order valence-electron chi connectivity index (χ1n) is 4.39. The lowest BCUT2D eigenvalue weighted by Crippen LogP contribution is -2.48. The molecule has 0 saturated carbocycles. The predicted molar refractivity (Wildman–Crippen MR) is 53.5 cm³/mol. The van der Waals surface area contributed by atoms with Gasteiger partial charge in [0.25, 0.3) is 0 Å². The van der Waals surface area contributed by atoms with Crippen molar-refractivity contribution in [3.63, 3.8) is 0 Å². The molecule has 2 N–H and O–H groups in total. The first-order chi connectivity index (χ1) is 6.47. The Hall–Kier alpha value is -1.23. The summed E-state index contributed by atoms with van der Waals surface area (Å²) in [5.41, 5.74) is 5.36. The van der Waals surface area contributed by atoms with E-state index in [9.17, 15) is 4.39 Å². The molecule has 1 aromatic rings. The van der Waals surface area contributed by atoms with Crippen molar-refractivity contribution in [1.82, 2.24) is 9.97 Å².